The lowest BCUT2D eigenvalue weighted by atomic mass is 9.33. The van der Waals surface area contributed by atoms with E-state index in [9.17, 15) is 0 Å². The molecule has 1 aromatic heterocycles. The molecule has 0 fully saturated rings. The van der Waals surface area contributed by atoms with Crippen LogP contribution in [0, 0.1) is 6.92 Å². The maximum atomic E-state index is 6.20. The number of nitrogens with zero attached hydrogens (tertiary/aromatic N) is 2. The van der Waals surface area contributed by atoms with Crippen molar-refractivity contribution in [2.75, 3.05) is 9.80 Å². The summed E-state index contributed by atoms with van der Waals surface area (Å²) in [6.45, 7) is 2.36. The summed E-state index contributed by atoms with van der Waals surface area (Å²) in [6, 6.07) is 48.6. The molecule has 0 saturated heterocycles. The van der Waals surface area contributed by atoms with Gasteiger partial charge < -0.3 is 14.2 Å². The summed E-state index contributed by atoms with van der Waals surface area (Å²) >= 11 is 1.88. The van der Waals surface area contributed by atoms with Crippen molar-refractivity contribution in [2.24, 2.45) is 0 Å². The van der Waals surface area contributed by atoms with Crippen molar-refractivity contribution >= 4 is 80.0 Å². The maximum absolute atomic E-state index is 6.20. The minimum absolute atomic E-state index is 0.152. The monoisotopic (exact) mass is 580 g/mol. The molecular weight excluding hydrogens is 555 g/mol. The second-order valence-corrected chi connectivity index (χ2v) is 12.9. The Labute approximate surface area is 260 Å². The van der Waals surface area contributed by atoms with Gasteiger partial charge in [-0.1, -0.05) is 78.0 Å². The highest BCUT2D eigenvalue weighted by Gasteiger charge is 2.45. The smallest absolute Gasteiger partial charge is 0.252 e. The van der Waals surface area contributed by atoms with E-state index in [1.54, 1.807) is 0 Å². The van der Waals surface area contributed by atoms with Gasteiger partial charge in [-0.2, -0.15) is 0 Å². The van der Waals surface area contributed by atoms with Crippen LogP contribution in [0.1, 0.15) is 5.56 Å². The van der Waals surface area contributed by atoms with E-state index < -0.39 is 0 Å². The molecule has 0 atom stereocenters. The second kappa shape index (κ2) is 8.95. The highest BCUT2D eigenvalue weighted by molar-refractivity contribution is 7.99. The van der Waals surface area contributed by atoms with Gasteiger partial charge in [0.1, 0.15) is 11.3 Å². The van der Waals surface area contributed by atoms with Gasteiger partial charge >= 0.3 is 0 Å². The number of fused-ring (bicyclic) bond motifs is 7. The molecule has 7 aromatic rings. The van der Waals surface area contributed by atoms with Crippen molar-refractivity contribution in [2.45, 2.75) is 16.7 Å². The van der Waals surface area contributed by atoms with E-state index in [2.05, 4.69) is 138 Å². The predicted molar refractivity (Wildman–Crippen MR) is 185 cm³/mol. The Morgan fingerprint density at radius 1 is 0.591 bits per heavy atom. The molecule has 206 valence electrons. The van der Waals surface area contributed by atoms with Crippen molar-refractivity contribution in [1.82, 2.24) is 0 Å². The molecule has 4 heterocycles. The van der Waals surface area contributed by atoms with Gasteiger partial charge in [0.05, 0.1) is 11.4 Å². The predicted octanol–water partition coefficient (Wildman–Crippen LogP) is 8.96. The van der Waals surface area contributed by atoms with Gasteiger partial charge in [-0.05, 0) is 96.1 Å². The van der Waals surface area contributed by atoms with Crippen LogP contribution in [0.4, 0.5) is 34.1 Å². The van der Waals surface area contributed by atoms with Crippen LogP contribution in [0.25, 0.3) is 22.3 Å². The summed E-state index contributed by atoms with van der Waals surface area (Å²) in [5, 5.41) is 1.12. The van der Waals surface area contributed by atoms with Crippen molar-refractivity contribution in [3.63, 3.8) is 0 Å². The standard InChI is InChI=1S/C39H25BN2OS/c1-24-16-21-30-29(22-24)40-28-9-6-15-37-39(28)42(31-10-3-5-14-36(31)44-37)33-12-7-11-32(38(33)40)41(30)27-19-17-25(18-20-27)35-23-26-8-2-4-13-34(26)43-35/h2-23H,1H3. The summed E-state index contributed by atoms with van der Waals surface area (Å²) < 4.78 is 6.20. The van der Waals surface area contributed by atoms with Crippen LogP contribution in [0.3, 0.4) is 0 Å². The fraction of sp³-hybridized carbons (Fsp3) is 0.0256. The summed E-state index contributed by atoms with van der Waals surface area (Å²) in [5.74, 6) is 0.888. The zero-order valence-corrected chi connectivity index (χ0v) is 24.8. The van der Waals surface area contributed by atoms with Gasteiger partial charge in [0.25, 0.3) is 6.71 Å². The highest BCUT2D eigenvalue weighted by Crippen LogP contribution is 2.53. The van der Waals surface area contributed by atoms with E-state index in [1.807, 2.05) is 23.9 Å². The zero-order chi connectivity index (χ0) is 28.9. The number of hydrogen-bond acceptors (Lipinski definition) is 4. The molecule has 0 unspecified atom stereocenters. The summed E-state index contributed by atoms with van der Waals surface area (Å²) in [6.07, 6.45) is 0. The zero-order valence-electron chi connectivity index (χ0n) is 24.0. The third kappa shape index (κ3) is 3.30. The first-order chi connectivity index (χ1) is 21.7. The van der Waals surface area contributed by atoms with Gasteiger partial charge in [-0.15, -0.1) is 0 Å². The Bertz CT molecular complexity index is 2270. The third-order valence-electron chi connectivity index (χ3n) is 9.29. The van der Waals surface area contributed by atoms with E-state index in [1.165, 1.54) is 60.2 Å². The summed E-state index contributed by atoms with van der Waals surface area (Å²) in [7, 11) is 0. The number of benzene rings is 6. The molecule has 6 aromatic carbocycles. The number of hydrogen-bond donors (Lipinski definition) is 0. The molecule has 0 spiro atoms. The molecular formula is C39H25BN2OS. The lowest BCUT2D eigenvalue weighted by Crippen LogP contribution is -2.61. The number of rotatable bonds is 2. The van der Waals surface area contributed by atoms with Crippen LogP contribution in [0.15, 0.2) is 148 Å². The molecule has 3 nitrogen and oxygen atoms in total. The molecule has 0 aliphatic carbocycles. The van der Waals surface area contributed by atoms with E-state index in [0.29, 0.717) is 0 Å². The molecule has 0 radical (unpaired) electrons. The van der Waals surface area contributed by atoms with Gasteiger partial charge in [-0.25, -0.2) is 0 Å². The number of para-hydroxylation sites is 3. The molecule has 0 bridgehead atoms. The Balaban J connectivity index is 1.19. The van der Waals surface area contributed by atoms with Gasteiger partial charge in [0.2, 0.25) is 0 Å². The molecule has 0 amide bonds. The highest BCUT2D eigenvalue weighted by atomic mass is 32.2. The average molecular weight is 581 g/mol. The number of anilines is 6. The largest absolute Gasteiger partial charge is 0.456 e. The van der Waals surface area contributed by atoms with Crippen LogP contribution in [-0.4, -0.2) is 6.71 Å². The number of furan rings is 1. The van der Waals surface area contributed by atoms with Crippen LogP contribution in [-0.2, 0) is 0 Å². The third-order valence-corrected chi connectivity index (χ3v) is 10.4. The van der Waals surface area contributed by atoms with Crippen LogP contribution < -0.4 is 26.2 Å². The number of aryl methyl sites for hydroxylation is 1. The minimum atomic E-state index is 0.152. The quantitative estimate of drug-likeness (QED) is 0.190. The fourth-order valence-electron chi connectivity index (χ4n) is 7.43. The fourth-order valence-corrected chi connectivity index (χ4v) is 8.53. The first-order valence-corrected chi connectivity index (χ1v) is 15.9. The van der Waals surface area contributed by atoms with Crippen LogP contribution in [0.2, 0.25) is 0 Å². The van der Waals surface area contributed by atoms with Crippen molar-refractivity contribution < 1.29 is 4.42 Å². The van der Waals surface area contributed by atoms with Crippen molar-refractivity contribution in [3.8, 4) is 11.3 Å². The molecule has 0 saturated carbocycles. The Morgan fingerprint density at radius 3 is 2.23 bits per heavy atom. The molecule has 10 rings (SSSR count). The van der Waals surface area contributed by atoms with Crippen molar-refractivity contribution in [3.05, 3.63) is 139 Å². The van der Waals surface area contributed by atoms with Gasteiger partial charge in [0, 0.05) is 43.5 Å². The lowest BCUT2D eigenvalue weighted by Gasteiger charge is -2.46. The van der Waals surface area contributed by atoms with Crippen molar-refractivity contribution in [1.29, 1.82) is 0 Å². The molecule has 5 heteroatoms. The lowest BCUT2D eigenvalue weighted by molar-refractivity contribution is 0.631. The van der Waals surface area contributed by atoms with E-state index in [4.69, 9.17) is 4.42 Å². The second-order valence-electron chi connectivity index (χ2n) is 11.8. The van der Waals surface area contributed by atoms with Crippen LogP contribution >= 0.6 is 11.8 Å². The van der Waals surface area contributed by atoms with E-state index >= 15 is 0 Å². The topological polar surface area (TPSA) is 19.6 Å². The molecule has 3 aliphatic rings. The van der Waals surface area contributed by atoms with Crippen LogP contribution in [0.5, 0.6) is 0 Å². The Hall–Kier alpha value is -5.13. The Morgan fingerprint density at radius 2 is 1.34 bits per heavy atom. The molecule has 0 N–H and O–H groups in total. The first kappa shape index (κ1) is 24.3. The van der Waals surface area contributed by atoms with Gasteiger partial charge in [0.15, 0.2) is 0 Å². The average Bonchev–Trinajstić information content (AvgIpc) is 3.51. The molecule has 3 aliphatic heterocycles. The maximum Gasteiger partial charge on any atom is 0.252 e. The minimum Gasteiger partial charge on any atom is -0.456 e. The van der Waals surface area contributed by atoms with Gasteiger partial charge in [-0.3, -0.25) is 0 Å². The first-order valence-electron chi connectivity index (χ1n) is 15.1. The SMILES string of the molecule is Cc1ccc2c(c1)B1c3cccc4c3N(c3ccccc3S4)c3cccc(c31)N2c1ccc(-c2cc3ccccc3o2)cc1. The molecule has 44 heavy (non-hydrogen) atoms. The Kier molecular flexibility index (Phi) is 4.95. The van der Waals surface area contributed by atoms with E-state index in [0.717, 1.165) is 28.0 Å². The summed E-state index contributed by atoms with van der Waals surface area (Å²) in [4.78, 5) is 7.56. The summed E-state index contributed by atoms with van der Waals surface area (Å²) in [5.41, 5.74) is 14.8. The van der Waals surface area contributed by atoms with E-state index in [-0.39, 0.29) is 6.71 Å². The normalized spacial score (nSPS) is 13.8.